The van der Waals surface area contributed by atoms with E-state index >= 15 is 0 Å². The number of halogens is 1. The fourth-order valence-corrected chi connectivity index (χ4v) is 5.92. The van der Waals surface area contributed by atoms with Crippen LogP contribution in [0.15, 0.2) is 53.7 Å². The number of ether oxygens (including phenoxy) is 1. The molecule has 3 N–H and O–H groups in total. The van der Waals surface area contributed by atoms with E-state index in [1.165, 1.54) is 29.5 Å². The zero-order valence-corrected chi connectivity index (χ0v) is 21.6. The van der Waals surface area contributed by atoms with Crippen LogP contribution < -0.4 is 15.4 Å². The number of rotatable bonds is 7. The monoisotopic (exact) mass is 536 g/mol. The Labute approximate surface area is 224 Å². The molecule has 1 amide bonds. The lowest BCUT2D eigenvalue weighted by Crippen LogP contribution is -2.32. The molecule has 5 rings (SSSR count). The average molecular weight is 537 g/mol. The highest BCUT2D eigenvalue weighted by molar-refractivity contribution is 7.98. The fraction of sp³-hybridized carbons (Fsp3) is 0.357. The number of hydrogen-bond donors (Lipinski definition) is 2. The molecule has 1 aliphatic carbocycles. The predicted molar refractivity (Wildman–Crippen MR) is 143 cm³/mol. The first-order chi connectivity index (χ1) is 18.4. The van der Waals surface area contributed by atoms with Crippen LogP contribution in [0.1, 0.15) is 59.5 Å². The van der Waals surface area contributed by atoms with Gasteiger partial charge in [-0.05, 0) is 72.9 Å². The summed E-state index contributed by atoms with van der Waals surface area (Å²) in [6.45, 7) is 0.596. The minimum atomic E-state index is -0.725. The molecule has 3 aromatic rings. The Morgan fingerprint density at radius 1 is 1.08 bits per heavy atom. The number of anilines is 2. The Morgan fingerprint density at radius 2 is 1.79 bits per heavy atom. The van der Waals surface area contributed by atoms with Crippen molar-refractivity contribution in [2.24, 2.45) is 5.92 Å². The topological polar surface area (TPSA) is 119 Å². The number of thioether (sulfide) groups is 1. The Hall–Kier alpha value is -3.66. The molecule has 0 radical (unpaired) electrons. The van der Waals surface area contributed by atoms with Gasteiger partial charge in [0.05, 0.1) is 6.54 Å². The molecule has 0 bridgehead atoms. The number of carboxylic acid groups (broad SMARTS) is 1. The molecular formula is C28H29FN4O4S. The maximum atomic E-state index is 13.5. The van der Waals surface area contributed by atoms with Gasteiger partial charge in [-0.25, -0.2) is 9.37 Å². The first kappa shape index (κ1) is 26.0. The number of aromatic nitrogens is 2. The Morgan fingerprint density at radius 3 is 2.47 bits per heavy atom. The molecule has 0 saturated heterocycles. The second kappa shape index (κ2) is 11.4. The molecule has 2 aliphatic rings. The summed E-state index contributed by atoms with van der Waals surface area (Å²) in [5.41, 5.74) is 9.21. The van der Waals surface area contributed by atoms with Crippen molar-refractivity contribution in [1.82, 2.24) is 9.97 Å². The van der Waals surface area contributed by atoms with Gasteiger partial charge in [0, 0.05) is 17.9 Å². The van der Waals surface area contributed by atoms with Gasteiger partial charge in [0.1, 0.15) is 23.8 Å². The van der Waals surface area contributed by atoms with Gasteiger partial charge in [-0.3, -0.25) is 9.59 Å². The number of carbonyl (C=O) groups is 2. The molecule has 8 nitrogen and oxygen atoms in total. The van der Waals surface area contributed by atoms with Gasteiger partial charge in [0.25, 0.3) is 5.91 Å². The van der Waals surface area contributed by atoms with E-state index in [1.807, 2.05) is 24.3 Å². The normalized spacial score (nSPS) is 19.4. The lowest BCUT2D eigenvalue weighted by atomic mass is 9.77. The Bertz CT molecular complexity index is 1310. The third-order valence-corrected chi connectivity index (χ3v) is 8.08. The van der Waals surface area contributed by atoms with Crippen molar-refractivity contribution in [3.05, 3.63) is 71.0 Å². The van der Waals surface area contributed by atoms with Crippen LogP contribution in [0.3, 0.4) is 0 Å². The molecular weight excluding hydrogens is 507 g/mol. The molecule has 1 aromatic heterocycles. The molecule has 198 valence electrons. The van der Waals surface area contributed by atoms with Crippen molar-refractivity contribution in [2.45, 2.75) is 48.9 Å². The van der Waals surface area contributed by atoms with E-state index < -0.39 is 5.97 Å². The Kier molecular flexibility index (Phi) is 7.78. The van der Waals surface area contributed by atoms with Crippen molar-refractivity contribution in [2.75, 3.05) is 23.8 Å². The van der Waals surface area contributed by atoms with E-state index in [4.69, 9.17) is 15.6 Å². The van der Waals surface area contributed by atoms with Crippen molar-refractivity contribution >= 4 is 35.1 Å². The number of nitrogens with two attached hydrogens (primary N) is 1. The molecule has 2 aromatic carbocycles. The van der Waals surface area contributed by atoms with Crippen molar-refractivity contribution in [1.29, 1.82) is 0 Å². The van der Waals surface area contributed by atoms with E-state index in [9.17, 15) is 14.0 Å². The van der Waals surface area contributed by atoms with Gasteiger partial charge in [-0.15, -0.1) is 0 Å². The van der Waals surface area contributed by atoms with E-state index in [-0.39, 0.29) is 47.9 Å². The van der Waals surface area contributed by atoms with E-state index in [0.29, 0.717) is 23.4 Å². The van der Waals surface area contributed by atoms with Gasteiger partial charge in [-0.1, -0.05) is 36.0 Å². The maximum Gasteiger partial charge on any atom is 0.303 e. The molecule has 10 heteroatoms. The molecule has 1 aliphatic heterocycles. The fourth-order valence-electron chi connectivity index (χ4n) is 5.12. The van der Waals surface area contributed by atoms with Gasteiger partial charge < -0.3 is 20.5 Å². The van der Waals surface area contributed by atoms with E-state index in [1.54, 1.807) is 17.0 Å². The summed E-state index contributed by atoms with van der Waals surface area (Å²) < 4.78 is 19.0. The minimum absolute atomic E-state index is 0.0586. The summed E-state index contributed by atoms with van der Waals surface area (Å²) in [6, 6.07) is 14.2. The number of nitrogen functional groups attached to an aromatic ring is 1. The SMILES string of the molecule is Nc1nc(SCc2ccc(F)cc2)nc2c1C(=O)N(c1ccc([C@H]3CC[C@H](CC(=O)O)CC3)cc1)CCO2. The van der Waals surface area contributed by atoms with Crippen LogP contribution in [0.4, 0.5) is 15.9 Å². The first-order valence-electron chi connectivity index (χ1n) is 12.7. The maximum absolute atomic E-state index is 13.5. The van der Waals surface area contributed by atoms with Gasteiger partial charge >= 0.3 is 5.97 Å². The predicted octanol–water partition coefficient (Wildman–Crippen LogP) is 5.28. The first-order valence-corrected chi connectivity index (χ1v) is 13.7. The average Bonchev–Trinajstić information content (AvgIpc) is 3.07. The number of aliphatic carboxylic acids is 1. The smallest absolute Gasteiger partial charge is 0.303 e. The number of hydrogen-bond acceptors (Lipinski definition) is 7. The quantitative estimate of drug-likeness (QED) is 0.309. The summed E-state index contributed by atoms with van der Waals surface area (Å²) in [5, 5.41) is 9.43. The molecule has 1 saturated carbocycles. The number of carboxylic acids is 1. The summed E-state index contributed by atoms with van der Waals surface area (Å²) >= 11 is 1.33. The highest BCUT2D eigenvalue weighted by Gasteiger charge is 2.30. The molecule has 0 unspecified atom stereocenters. The second-order valence-corrected chi connectivity index (χ2v) is 10.6. The van der Waals surface area contributed by atoms with Crippen LogP contribution in [-0.4, -0.2) is 40.1 Å². The van der Waals surface area contributed by atoms with E-state index in [0.717, 1.165) is 36.9 Å². The third-order valence-electron chi connectivity index (χ3n) is 7.16. The molecule has 0 atom stereocenters. The molecule has 38 heavy (non-hydrogen) atoms. The summed E-state index contributed by atoms with van der Waals surface area (Å²) in [5.74, 6) is 0.0651. The number of carbonyl (C=O) groups excluding carboxylic acids is 1. The van der Waals surface area contributed by atoms with Crippen LogP contribution in [-0.2, 0) is 10.5 Å². The number of amides is 1. The van der Waals surface area contributed by atoms with Crippen LogP contribution in [0.25, 0.3) is 0 Å². The highest BCUT2D eigenvalue weighted by atomic mass is 32.2. The second-order valence-electron chi connectivity index (χ2n) is 9.70. The van der Waals surface area contributed by atoms with Gasteiger partial charge in [0.2, 0.25) is 5.88 Å². The zero-order valence-electron chi connectivity index (χ0n) is 20.8. The molecule has 2 heterocycles. The Balaban J connectivity index is 1.27. The minimum Gasteiger partial charge on any atom is -0.481 e. The third kappa shape index (κ3) is 5.91. The lowest BCUT2D eigenvalue weighted by Gasteiger charge is -2.28. The summed E-state index contributed by atoms with van der Waals surface area (Å²) in [4.78, 5) is 34.9. The summed E-state index contributed by atoms with van der Waals surface area (Å²) in [6.07, 6.45) is 4.02. The van der Waals surface area contributed by atoms with Crippen molar-refractivity contribution < 1.29 is 23.8 Å². The lowest BCUT2D eigenvalue weighted by molar-refractivity contribution is -0.138. The van der Waals surface area contributed by atoms with Gasteiger partial charge in [0.15, 0.2) is 5.16 Å². The number of fused-ring (bicyclic) bond motifs is 1. The van der Waals surface area contributed by atoms with Crippen molar-refractivity contribution in [3.63, 3.8) is 0 Å². The van der Waals surface area contributed by atoms with Crippen LogP contribution in [0, 0.1) is 11.7 Å². The van der Waals surface area contributed by atoms with Crippen LogP contribution in [0.2, 0.25) is 0 Å². The largest absolute Gasteiger partial charge is 0.481 e. The van der Waals surface area contributed by atoms with Crippen molar-refractivity contribution in [3.8, 4) is 5.88 Å². The number of nitrogens with zero attached hydrogens (tertiary/aromatic N) is 3. The van der Waals surface area contributed by atoms with Gasteiger partial charge in [-0.2, -0.15) is 4.98 Å². The van der Waals surface area contributed by atoms with Crippen LogP contribution >= 0.6 is 11.8 Å². The summed E-state index contributed by atoms with van der Waals surface area (Å²) in [7, 11) is 0. The van der Waals surface area contributed by atoms with E-state index in [2.05, 4.69) is 9.97 Å². The molecule has 0 spiro atoms. The molecule has 1 fully saturated rings. The standard InChI is InChI=1S/C28H29FN4O4S/c29-21-9-3-18(4-10-21)16-38-28-31-25(30)24-26(32-28)37-14-13-33(27(24)36)22-11-7-20(8-12-22)19-5-1-17(2-6-19)15-23(34)35/h3-4,7-12,17,19H,1-2,5-6,13-16H2,(H,34,35)(H2,30,31,32)/t17-,19-. The zero-order chi connectivity index (χ0) is 26.6. The highest BCUT2D eigenvalue weighted by Crippen LogP contribution is 2.38. The van der Waals surface area contributed by atoms with Crippen LogP contribution in [0.5, 0.6) is 5.88 Å². The number of benzene rings is 2.